The highest BCUT2D eigenvalue weighted by Gasteiger charge is 2.56. The molecule has 0 N–H and O–H groups in total. The summed E-state index contributed by atoms with van der Waals surface area (Å²) in [5, 5.41) is 13.8. The number of aromatic nitrogens is 2. The van der Waals surface area contributed by atoms with Crippen molar-refractivity contribution in [3.63, 3.8) is 0 Å². The summed E-state index contributed by atoms with van der Waals surface area (Å²) < 4.78 is 7.56. The van der Waals surface area contributed by atoms with Gasteiger partial charge < -0.3 is 4.74 Å². The Morgan fingerprint density at radius 2 is 2.10 bits per heavy atom. The van der Waals surface area contributed by atoms with E-state index in [1.165, 1.54) is 5.56 Å². The monoisotopic (exact) mass is 273 g/mol. The van der Waals surface area contributed by atoms with Crippen molar-refractivity contribution >= 4 is 0 Å². The Bertz CT molecular complexity index is 512. The molecule has 2 aliphatic rings. The van der Waals surface area contributed by atoms with Crippen LogP contribution in [0.15, 0.2) is 12.4 Å². The SMILES string of the molecule is CC(C)c1cnn(C2(CC#N)CC3(CCOCC3)C2)c1. The Morgan fingerprint density at radius 3 is 2.65 bits per heavy atom. The molecule has 1 aliphatic carbocycles. The first-order valence-electron chi connectivity index (χ1n) is 7.59. The fraction of sp³-hybridized carbons (Fsp3) is 0.750. The van der Waals surface area contributed by atoms with Crippen molar-refractivity contribution in [1.29, 1.82) is 5.26 Å². The van der Waals surface area contributed by atoms with Gasteiger partial charge in [-0.05, 0) is 42.6 Å². The highest BCUT2D eigenvalue weighted by Crippen LogP contribution is 2.59. The van der Waals surface area contributed by atoms with E-state index in [0.717, 1.165) is 38.9 Å². The summed E-state index contributed by atoms with van der Waals surface area (Å²) in [7, 11) is 0. The number of rotatable bonds is 3. The zero-order valence-corrected chi connectivity index (χ0v) is 12.4. The van der Waals surface area contributed by atoms with E-state index in [-0.39, 0.29) is 5.54 Å². The average molecular weight is 273 g/mol. The quantitative estimate of drug-likeness (QED) is 0.849. The molecule has 3 rings (SSSR count). The first-order chi connectivity index (χ1) is 9.59. The van der Waals surface area contributed by atoms with E-state index in [9.17, 15) is 5.26 Å². The first-order valence-corrected chi connectivity index (χ1v) is 7.59. The minimum atomic E-state index is -0.0702. The molecule has 0 radical (unpaired) electrons. The van der Waals surface area contributed by atoms with E-state index >= 15 is 0 Å². The molecule has 0 aromatic carbocycles. The number of hydrogen-bond acceptors (Lipinski definition) is 3. The number of hydrogen-bond donors (Lipinski definition) is 0. The van der Waals surface area contributed by atoms with Crippen LogP contribution in [0.25, 0.3) is 0 Å². The summed E-state index contributed by atoms with van der Waals surface area (Å²) in [4.78, 5) is 0. The maximum Gasteiger partial charge on any atom is 0.0767 e. The minimum absolute atomic E-state index is 0.0702. The van der Waals surface area contributed by atoms with Gasteiger partial charge in [0.2, 0.25) is 0 Å². The molecular formula is C16H23N3O. The molecule has 1 saturated carbocycles. The molecule has 0 atom stereocenters. The minimum Gasteiger partial charge on any atom is -0.381 e. The third kappa shape index (κ3) is 2.14. The van der Waals surface area contributed by atoms with Crippen LogP contribution in [0.4, 0.5) is 0 Å². The fourth-order valence-corrected chi connectivity index (χ4v) is 3.91. The smallest absolute Gasteiger partial charge is 0.0767 e. The largest absolute Gasteiger partial charge is 0.381 e. The van der Waals surface area contributed by atoms with Gasteiger partial charge in [0.1, 0.15) is 0 Å². The molecule has 1 spiro atoms. The zero-order valence-electron chi connectivity index (χ0n) is 12.4. The van der Waals surface area contributed by atoms with Crippen LogP contribution in [0.5, 0.6) is 0 Å². The van der Waals surface area contributed by atoms with E-state index in [2.05, 4.69) is 35.9 Å². The van der Waals surface area contributed by atoms with Crippen molar-refractivity contribution < 1.29 is 4.74 Å². The lowest BCUT2D eigenvalue weighted by molar-refractivity contribution is -0.103. The molecule has 2 fully saturated rings. The van der Waals surface area contributed by atoms with Gasteiger partial charge in [-0.1, -0.05) is 13.8 Å². The zero-order chi connectivity index (χ0) is 14.2. The lowest BCUT2D eigenvalue weighted by atomic mass is 9.53. The summed E-state index contributed by atoms with van der Waals surface area (Å²) >= 11 is 0. The second kappa shape index (κ2) is 4.89. The molecule has 108 valence electrons. The lowest BCUT2D eigenvalue weighted by Crippen LogP contribution is -2.55. The average Bonchev–Trinajstić information content (AvgIpc) is 2.88. The van der Waals surface area contributed by atoms with Crippen molar-refractivity contribution in [2.45, 2.75) is 57.4 Å². The second-order valence-corrected chi connectivity index (χ2v) is 6.90. The van der Waals surface area contributed by atoms with E-state index in [0.29, 0.717) is 17.8 Å². The Kier molecular flexibility index (Phi) is 3.33. The van der Waals surface area contributed by atoms with Crippen LogP contribution in [0.1, 0.15) is 57.4 Å². The summed E-state index contributed by atoms with van der Waals surface area (Å²) in [6.07, 6.45) is 9.10. The topological polar surface area (TPSA) is 50.8 Å². The second-order valence-electron chi connectivity index (χ2n) is 6.90. The van der Waals surface area contributed by atoms with Crippen molar-refractivity contribution in [2.75, 3.05) is 13.2 Å². The molecule has 0 bridgehead atoms. The summed E-state index contributed by atoms with van der Waals surface area (Å²) in [6, 6.07) is 2.38. The van der Waals surface area contributed by atoms with Gasteiger partial charge in [-0.2, -0.15) is 10.4 Å². The summed E-state index contributed by atoms with van der Waals surface area (Å²) in [6.45, 7) is 6.11. The Morgan fingerprint density at radius 1 is 1.40 bits per heavy atom. The highest BCUT2D eigenvalue weighted by molar-refractivity contribution is 5.16. The molecule has 2 heterocycles. The predicted molar refractivity (Wildman–Crippen MR) is 76.2 cm³/mol. The van der Waals surface area contributed by atoms with Gasteiger partial charge in [0.15, 0.2) is 0 Å². The van der Waals surface area contributed by atoms with Gasteiger partial charge in [-0.3, -0.25) is 4.68 Å². The van der Waals surface area contributed by atoms with Crippen LogP contribution in [-0.2, 0) is 10.3 Å². The molecule has 4 heteroatoms. The summed E-state index contributed by atoms with van der Waals surface area (Å²) in [5.41, 5.74) is 1.59. The van der Waals surface area contributed by atoms with E-state index < -0.39 is 0 Å². The third-order valence-corrected chi connectivity index (χ3v) is 5.12. The predicted octanol–water partition coefficient (Wildman–Crippen LogP) is 3.21. The Hall–Kier alpha value is -1.34. The molecule has 20 heavy (non-hydrogen) atoms. The van der Waals surface area contributed by atoms with Gasteiger partial charge in [-0.15, -0.1) is 0 Å². The van der Waals surface area contributed by atoms with E-state index in [1.54, 1.807) is 0 Å². The first kappa shape index (κ1) is 13.6. The Labute approximate surface area is 120 Å². The van der Waals surface area contributed by atoms with Gasteiger partial charge >= 0.3 is 0 Å². The van der Waals surface area contributed by atoms with Crippen LogP contribution < -0.4 is 0 Å². The number of ether oxygens (including phenoxy) is 1. The van der Waals surface area contributed by atoms with Crippen LogP contribution in [-0.4, -0.2) is 23.0 Å². The standard InChI is InChI=1S/C16H23N3O/c1-13(2)14-9-18-19(10-14)16(3-6-17)11-15(12-16)4-7-20-8-5-15/h9-10,13H,3-5,7-8,11-12H2,1-2H3. The molecule has 1 saturated heterocycles. The van der Waals surface area contributed by atoms with E-state index in [1.807, 2.05) is 6.20 Å². The number of nitrogens with zero attached hydrogens (tertiary/aromatic N) is 3. The molecule has 1 aromatic heterocycles. The van der Waals surface area contributed by atoms with Crippen LogP contribution >= 0.6 is 0 Å². The number of nitriles is 1. The van der Waals surface area contributed by atoms with Crippen LogP contribution in [0, 0.1) is 16.7 Å². The van der Waals surface area contributed by atoms with Crippen molar-refractivity contribution in [3.05, 3.63) is 18.0 Å². The molecule has 1 aromatic rings. The van der Waals surface area contributed by atoms with Gasteiger partial charge in [0.25, 0.3) is 0 Å². The van der Waals surface area contributed by atoms with Gasteiger partial charge in [0, 0.05) is 19.4 Å². The fourth-order valence-electron chi connectivity index (χ4n) is 3.91. The normalized spacial score (nSPS) is 23.5. The van der Waals surface area contributed by atoms with Gasteiger partial charge in [0.05, 0.1) is 24.2 Å². The summed E-state index contributed by atoms with van der Waals surface area (Å²) in [5.74, 6) is 0.486. The highest BCUT2D eigenvalue weighted by atomic mass is 16.5. The van der Waals surface area contributed by atoms with Crippen LogP contribution in [0.2, 0.25) is 0 Å². The third-order valence-electron chi connectivity index (χ3n) is 5.12. The maximum absolute atomic E-state index is 9.22. The van der Waals surface area contributed by atoms with Crippen molar-refractivity contribution in [2.24, 2.45) is 5.41 Å². The Balaban J connectivity index is 1.81. The molecule has 0 amide bonds. The lowest BCUT2D eigenvalue weighted by Gasteiger charge is -2.57. The van der Waals surface area contributed by atoms with Crippen molar-refractivity contribution in [1.82, 2.24) is 9.78 Å². The molecule has 1 aliphatic heterocycles. The molecular weight excluding hydrogens is 250 g/mol. The van der Waals surface area contributed by atoms with Crippen molar-refractivity contribution in [3.8, 4) is 6.07 Å². The van der Waals surface area contributed by atoms with Gasteiger partial charge in [-0.25, -0.2) is 0 Å². The molecule has 4 nitrogen and oxygen atoms in total. The maximum atomic E-state index is 9.22. The van der Waals surface area contributed by atoms with Crippen LogP contribution in [0.3, 0.4) is 0 Å². The van der Waals surface area contributed by atoms with E-state index in [4.69, 9.17) is 4.74 Å². The molecule has 0 unspecified atom stereocenters.